The second-order valence-electron chi connectivity index (χ2n) is 11.3. The molecular weight excluding hydrogens is 623 g/mol. The average Bonchev–Trinajstić information content (AvgIpc) is 3.72. The minimum Gasteiger partial charge on any atom is -0.478 e. The summed E-state index contributed by atoms with van der Waals surface area (Å²) >= 11 is 5.95. The van der Waals surface area contributed by atoms with Crippen LogP contribution in [0.4, 0.5) is 4.39 Å². The lowest BCUT2D eigenvalue weighted by atomic mass is 9.83. The molecule has 0 aliphatic carbocycles. The normalized spacial score (nSPS) is 14.3. The van der Waals surface area contributed by atoms with Gasteiger partial charge in [0.15, 0.2) is 17.3 Å². The zero-order valence-electron chi connectivity index (χ0n) is 25.0. The van der Waals surface area contributed by atoms with Crippen LogP contribution in [0, 0.1) is 5.82 Å². The second-order valence-corrected chi connectivity index (χ2v) is 11.7. The number of aromatic carboxylic acids is 1. The van der Waals surface area contributed by atoms with Gasteiger partial charge in [0.05, 0.1) is 28.5 Å². The Balaban J connectivity index is 1.28. The van der Waals surface area contributed by atoms with Crippen LogP contribution in [0.1, 0.15) is 43.6 Å². The smallest absolute Gasteiger partial charge is 0.335 e. The van der Waals surface area contributed by atoms with E-state index >= 15 is 0 Å². The number of halogens is 2. The molecule has 234 valence electrons. The molecule has 12 heteroatoms. The summed E-state index contributed by atoms with van der Waals surface area (Å²) < 4.78 is 17.7. The number of carboxylic acids is 1. The van der Waals surface area contributed by atoms with E-state index in [0.29, 0.717) is 17.5 Å². The van der Waals surface area contributed by atoms with Gasteiger partial charge in [-0.05, 0) is 64.6 Å². The summed E-state index contributed by atoms with van der Waals surface area (Å²) in [5.41, 5.74) is 5.19. The zero-order valence-corrected chi connectivity index (χ0v) is 25.7. The number of fused-ring (bicyclic) bond motifs is 2. The number of carbonyl (C=O) groups is 3. The van der Waals surface area contributed by atoms with Crippen molar-refractivity contribution in [2.75, 3.05) is 6.54 Å². The monoisotopic (exact) mass is 648 g/mol. The van der Waals surface area contributed by atoms with E-state index in [1.807, 2.05) is 37.4 Å². The highest BCUT2D eigenvalue weighted by molar-refractivity contribution is 6.30. The first-order chi connectivity index (χ1) is 22.7. The Morgan fingerprint density at radius 2 is 1.81 bits per heavy atom. The maximum absolute atomic E-state index is 14.7. The molecule has 0 fully saturated rings. The van der Waals surface area contributed by atoms with Crippen molar-refractivity contribution in [2.24, 2.45) is 7.05 Å². The van der Waals surface area contributed by atoms with Gasteiger partial charge in [0.1, 0.15) is 11.7 Å². The molecule has 6 aromatic rings. The van der Waals surface area contributed by atoms with Crippen molar-refractivity contribution in [1.29, 1.82) is 0 Å². The van der Waals surface area contributed by atoms with Crippen LogP contribution in [0.2, 0.25) is 5.02 Å². The Labute approximate surface area is 272 Å². The number of ketones is 1. The van der Waals surface area contributed by atoms with Gasteiger partial charge in [0.2, 0.25) is 0 Å². The lowest BCUT2D eigenvalue weighted by Crippen LogP contribution is -2.44. The van der Waals surface area contributed by atoms with Crippen LogP contribution in [0.3, 0.4) is 0 Å². The van der Waals surface area contributed by atoms with Crippen LogP contribution >= 0.6 is 11.6 Å². The Morgan fingerprint density at radius 1 is 1.02 bits per heavy atom. The van der Waals surface area contributed by atoms with Gasteiger partial charge < -0.3 is 10.0 Å². The number of Topliss-reactive ketones (excluding diaryl/α,β-unsaturated/α-hetero) is 1. The summed E-state index contributed by atoms with van der Waals surface area (Å²) in [7, 11) is 1.88. The van der Waals surface area contributed by atoms with E-state index in [0.717, 1.165) is 32.3 Å². The number of nitrogens with zero attached hydrogens (tertiary/aromatic N) is 6. The highest BCUT2D eigenvalue weighted by atomic mass is 35.5. The Kier molecular flexibility index (Phi) is 7.61. The summed E-state index contributed by atoms with van der Waals surface area (Å²) in [6.45, 7) is 0.212. The van der Waals surface area contributed by atoms with Crippen molar-refractivity contribution in [1.82, 2.24) is 29.7 Å². The summed E-state index contributed by atoms with van der Waals surface area (Å²) in [5.74, 6) is -2.56. The summed E-state index contributed by atoms with van der Waals surface area (Å²) in [6, 6.07) is 21.4. The lowest BCUT2D eigenvalue weighted by molar-refractivity contribution is -0.123. The first kappa shape index (κ1) is 30.0. The topological polar surface area (TPSA) is 123 Å². The molecule has 0 radical (unpaired) electrons. The fourth-order valence-electron chi connectivity index (χ4n) is 6.18. The third-order valence-corrected chi connectivity index (χ3v) is 8.81. The molecule has 0 saturated heterocycles. The average molecular weight is 649 g/mol. The molecule has 4 aromatic carbocycles. The maximum atomic E-state index is 14.7. The number of aromatic nitrogens is 5. The first-order valence-corrected chi connectivity index (χ1v) is 15.1. The zero-order chi connectivity index (χ0) is 32.8. The van der Waals surface area contributed by atoms with Crippen molar-refractivity contribution < 1.29 is 23.9 Å². The summed E-state index contributed by atoms with van der Waals surface area (Å²) in [5, 5.41) is 22.6. The molecule has 1 unspecified atom stereocenters. The number of rotatable bonds is 7. The lowest BCUT2D eigenvalue weighted by Gasteiger charge is -2.37. The number of aryl methyl sites for hydroxylation is 1. The summed E-state index contributed by atoms with van der Waals surface area (Å²) in [6.07, 6.45) is 3.55. The van der Waals surface area contributed by atoms with Crippen molar-refractivity contribution >= 4 is 40.2 Å². The number of carboxylic acid groups (broad SMARTS) is 1. The van der Waals surface area contributed by atoms with Crippen molar-refractivity contribution in [3.8, 4) is 16.8 Å². The molecule has 1 atom stereocenters. The van der Waals surface area contributed by atoms with Gasteiger partial charge in [-0.2, -0.15) is 5.10 Å². The molecule has 2 aromatic heterocycles. The van der Waals surface area contributed by atoms with Crippen LogP contribution in [-0.4, -0.2) is 59.0 Å². The van der Waals surface area contributed by atoms with E-state index in [-0.39, 0.29) is 40.7 Å². The van der Waals surface area contributed by atoms with Crippen LogP contribution in [-0.2, 0) is 24.7 Å². The van der Waals surface area contributed by atoms with Crippen molar-refractivity contribution in [2.45, 2.75) is 18.9 Å². The van der Waals surface area contributed by atoms with E-state index in [9.17, 15) is 23.9 Å². The van der Waals surface area contributed by atoms with Gasteiger partial charge >= 0.3 is 5.97 Å². The fourth-order valence-corrected chi connectivity index (χ4v) is 6.35. The standard InChI is InChI=1S/C35H26ClFN6O4/c1-41-30-17-22(12-13-23(30)18-38-41)24-4-2-5-26-25(24)14-15-42(33(26)31(44)16-20-8-10-21(11-9-20)35(46)47)34(45)28-19-43(40-39-28)29-7-3-6-27(36)32(29)37/h2-13,17-19,33H,14-16H2,1H3,(H,46,47). The minimum atomic E-state index is -1.07. The highest BCUT2D eigenvalue weighted by Gasteiger charge is 2.38. The predicted octanol–water partition coefficient (Wildman–Crippen LogP) is 5.86. The quantitative estimate of drug-likeness (QED) is 0.230. The molecular formula is C35H26ClFN6O4. The van der Waals surface area contributed by atoms with Crippen LogP contribution in [0.25, 0.3) is 27.7 Å². The molecule has 47 heavy (non-hydrogen) atoms. The predicted molar refractivity (Wildman–Crippen MR) is 172 cm³/mol. The SMILES string of the molecule is Cn1ncc2ccc(-c3cccc4c3CCN(C(=O)c3cn(-c5cccc(Cl)c5F)nn3)C4C(=O)Cc3ccc(C(=O)O)cc3)cc21. The number of carbonyl (C=O) groups excluding carboxylic acids is 2. The van der Waals surface area contributed by atoms with Crippen molar-refractivity contribution in [3.05, 3.63) is 130 Å². The molecule has 1 N–H and O–H groups in total. The van der Waals surface area contributed by atoms with Gasteiger partial charge in [-0.1, -0.05) is 65.3 Å². The Bertz CT molecular complexity index is 2210. The van der Waals surface area contributed by atoms with Crippen molar-refractivity contribution in [3.63, 3.8) is 0 Å². The van der Waals surface area contributed by atoms with E-state index in [4.69, 9.17) is 11.6 Å². The third-order valence-electron chi connectivity index (χ3n) is 8.52. The molecule has 3 heterocycles. The van der Waals surface area contributed by atoms with E-state index < -0.39 is 23.7 Å². The maximum Gasteiger partial charge on any atom is 0.335 e. The Morgan fingerprint density at radius 3 is 2.60 bits per heavy atom. The van der Waals surface area contributed by atoms with Crippen LogP contribution in [0.15, 0.2) is 91.3 Å². The van der Waals surface area contributed by atoms with Crippen LogP contribution in [0.5, 0.6) is 0 Å². The molecule has 1 aliphatic rings. The van der Waals surface area contributed by atoms with Gasteiger partial charge in [0.25, 0.3) is 5.91 Å². The van der Waals surface area contributed by atoms with E-state index in [1.165, 1.54) is 35.4 Å². The number of amides is 1. The van der Waals surface area contributed by atoms with E-state index in [2.05, 4.69) is 21.5 Å². The number of hydrogen-bond acceptors (Lipinski definition) is 6. The highest BCUT2D eigenvalue weighted by Crippen LogP contribution is 2.38. The van der Waals surface area contributed by atoms with Gasteiger partial charge in [-0.25, -0.2) is 13.9 Å². The minimum absolute atomic E-state index is 0.0282. The third kappa shape index (κ3) is 5.44. The molecule has 1 amide bonds. The van der Waals surface area contributed by atoms with Gasteiger partial charge in [0, 0.05) is 25.4 Å². The molecule has 7 rings (SSSR count). The van der Waals surface area contributed by atoms with Crippen LogP contribution < -0.4 is 0 Å². The molecule has 1 aliphatic heterocycles. The van der Waals surface area contributed by atoms with Gasteiger partial charge in [-0.15, -0.1) is 5.10 Å². The first-order valence-electron chi connectivity index (χ1n) is 14.8. The second kappa shape index (κ2) is 11.9. The molecule has 0 saturated carbocycles. The fraction of sp³-hybridized carbons (Fsp3) is 0.143. The molecule has 0 spiro atoms. The summed E-state index contributed by atoms with van der Waals surface area (Å²) in [4.78, 5) is 41.1. The Hall–Kier alpha value is -5.68. The van der Waals surface area contributed by atoms with E-state index in [1.54, 1.807) is 29.1 Å². The number of hydrogen-bond donors (Lipinski definition) is 1. The molecule has 0 bridgehead atoms. The number of benzene rings is 4. The van der Waals surface area contributed by atoms with Gasteiger partial charge in [-0.3, -0.25) is 14.3 Å². The molecule has 10 nitrogen and oxygen atoms in total. The largest absolute Gasteiger partial charge is 0.478 e.